The van der Waals surface area contributed by atoms with Gasteiger partial charge in [-0.15, -0.1) is 0 Å². The maximum absolute atomic E-state index is 14.6. The van der Waals surface area contributed by atoms with Gasteiger partial charge in [-0.25, -0.2) is 13.8 Å². The lowest BCUT2D eigenvalue weighted by atomic mass is 10.0. The van der Waals surface area contributed by atoms with Gasteiger partial charge >= 0.3 is 0 Å². The number of methoxy groups -OCH3 is 1. The number of oxime groups is 1. The fraction of sp³-hybridized carbons (Fsp3) is 0.348. The van der Waals surface area contributed by atoms with Gasteiger partial charge in [-0.2, -0.15) is 5.10 Å². The number of rotatable bonds is 8. The van der Waals surface area contributed by atoms with Crippen molar-refractivity contribution in [2.45, 2.75) is 38.2 Å². The Morgan fingerprint density at radius 3 is 2.59 bits per heavy atom. The van der Waals surface area contributed by atoms with Crippen LogP contribution in [0.15, 0.2) is 58.8 Å². The Kier molecular flexibility index (Phi) is 7.63. The first-order valence-corrected chi connectivity index (χ1v) is 10.9. The Morgan fingerprint density at radius 1 is 1.22 bits per heavy atom. The molecular formula is C23H25F2N3O3S. The number of hydrogen-bond donors (Lipinski definition) is 0. The van der Waals surface area contributed by atoms with Crippen LogP contribution >= 0.6 is 11.8 Å². The molecule has 0 N–H and O–H groups in total. The smallest absolute Gasteiger partial charge is 0.273 e. The Labute approximate surface area is 190 Å². The molecule has 170 valence electrons. The van der Waals surface area contributed by atoms with Crippen LogP contribution < -0.4 is 0 Å². The number of thioether (sulfide) groups is 1. The summed E-state index contributed by atoms with van der Waals surface area (Å²) in [5, 5.41) is 9.92. The Hall–Kier alpha value is -2.78. The van der Waals surface area contributed by atoms with Crippen molar-refractivity contribution in [2.75, 3.05) is 13.7 Å². The number of amides is 1. The van der Waals surface area contributed by atoms with Crippen LogP contribution in [-0.4, -0.2) is 41.5 Å². The molecule has 3 rings (SSSR count). The van der Waals surface area contributed by atoms with Crippen molar-refractivity contribution < 1.29 is 23.1 Å². The Balaban J connectivity index is 2.10. The molecule has 2 atom stereocenters. The number of hydrogen-bond acceptors (Lipinski definition) is 6. The zero-order valence-corrected chi connectivity index (χ0v) is 19.2. The number of ether oxygens (including phenoxy) is 1. The number of halogens is 2. The van der Waals surface area contributed by atoms with Gasteiger partial charge < -0.3 is 9.57 Å². The highest BCUT2D eigenvalue weighted by Crippen LogP contribution is 2.50. The van der Waals surface area contributed by atoms with E-state index in [1.165, 1.54) is 23.9 Å². The highest BCUT2D eigenvalue weighted by atomic mass is 32.2. The van der Waals surface area contributed by atoms with Crippen LogP contribution in [-0.2, 0) is 19.2 Å². The van der Waals surface area contributed by atoms with Gasteiger partial charge in [-0.1, -0.05) is 47.2 Å². The Morgan fingerprint density at radius 2 is 1.94 bits per heavy atom. The van der Waals surface area contributed by atoms with Gasteiger partial charge in [-0.3, -0.25) is 4.79 Å². The number of benzene rings is 2. The quantitative estimate of drug-likeness (QED) is 0.319. The summed E-state index contributed by atoms with van der Waals surface area (Å²) in [5.41, 5.74) is 1.49. The molecule has 0 aliphatic carbocycles. The zero-order valence-electron chi connectivity index (χ0n) is 18.3. The van der Waals surface area contributed by atoms with Crippen LogP contribution in [0.3, 0.4) is 0 Å². The van der Waals surface area contributed by atoms with Crippen molar-refractivity contribution in [3.63, 3.8) is 0 Å². The molecule has 1 aliphatic rings. The first kappa shape index (κ1) is 23.9. The van der Waals surface area contributed by atoms with Crippen LogP contribution in [0, 0.1) is 11.6 Å². The molecule has 2 aromatic carbocycles. The summed E-state index contributed by atoms with van der Waals surface area (Å²) >= 11 is 1.17. The van der Waals surface area contributed by atoms with E-state index < -0.39 is 28.5 Å². The summed E-state index contributed by atoms with van der Waals surface area (Å²) in [7, 11) is 1.43. The van der Waals surface area contributed by atoms with E-state index in [1.807, 2.05) is 30.3 Å². The van der Waals surface area contributed by atoms with Gasteiger partial charge in [0.2, 0.25) is 0 Å². The lowest BCUT2D eigenvalue weighted by Gasteiger charge is -2.36. The topological polar surface area (TPSA) is 63.5 Å². The zero-order chi connectivity index (χ0) is 23.3. The molecule has 0 aromatic heterocycles. The third-order valence-corrected chi connectivity index (χ3v) is 6.32. The fourth-order valence-corrected chi connectivity index (χ4v) is 4.57. The van der Waals surface area contributed by atoms with Gasteiger partial charge in [0.1, 0.15) is 34.3 Å². The minimum absolute atomic E-state index is 0.0148. The molecular weight excluding hydrogens is 436 g/mol. The summed E-state index contributed by atoms with van der Waals surface area (Å²) in [6.45, 7) is 5.40. The Bertz CT molecular complexity index is 1030. The second-order valence-electron chi connectivity index (χ2n) is 7.43. The first-order chi connectivity index (χ1) is 15.3. The van der Waals surface area contributed by atoms with E-state index in [2.05, 4.69) is 10.3 Å². The molecule has 1 unspecified atom stereocenters. The van der Waals surface area contributed by atoms with Crippen molar-refractivity contribution in [2.24, 2.45) is 10.3 Å². The van der Waals surface area contributed by atoms with Gasteiger partial charge in [0.25, 0.3) is 5.91 Å². The van der Waals surface area contributed by atoms with Crippen molar-refractivity contribution in [3.05, 3.63) is 71.3 Å². The SMILES string of the molecule is CO[C@@H](C)C(=O)N1N=C(c2cc(F)ccc2F)SC1(CCON=C(C)C)c1ccccc1. The fourth-order valence-electron chi connectivity index (χ4n) is 3.21. The molecule has 32 heavy (non-hydrogen) atoms. The van der Waals surface area contributed by atoms with Crippen LogP contribution in [0.2, 0.25) is 0 Å². The van der Waals surface area contributed by atoms with Gasteiger partial charge in [0.05, 0.1) is 5.71 Å². The average molecular weight is 462 g/mol. The second kappa shape index (κ2) is 10.2. The van der Waals surface area contributed by atoms with Crippen molar-refractivity contribution in [3.8, 4) is 0 Å². The van der Waals surface area contributed by atoms with E-state index in [4.69, 9.17) is 9.57 Å². The monoisotopic (exact) mass is 461 g/mol. The van der Waals surface area contributed by atoms with Crippen LogP contribution in [0.5, 0.6) is 0 Å². The highest BCUT2D eigenvalue weighted by Gasteiger charge is 2.50. The third-order valence-electron chi connectivity index (χ3n) is 4.87. The lowest BCUT2D eigenvalue weighted by molar-refractivity contribution is -0.145. The van der Waals surface area contributed by atoms with E-state index in [0.29, 0.717) is 6.42 Å². The standard InChI is InChI=1S/C23H25F2N3O3S/c1-15(2)27-31-13-12-23(17-8-6-5-7-9-17)28(22(29)16(3)30-4)26-21(32-23)19-14-18(24)10-11-20(19)25/h5-11,14,16H,12-13H2,1-4H3/t16-,23?/m0/s1. The molecule has 0 spiro atoms. The largest absolute Gasteiger partial charge is 0.396 e. The van der Waals surface area contributed by atoms with E-state index >= 15 is 0 Å². The van der Waals surface area contributed by atoms with E-state index in [9.17, 15) is 13.6 Å². The first-order valence-electron chi connectivity index (χ1n) is 10.1. The van der Waals surface area contributed by atoms with Crippen molar-refractivity contribution in [1.29, 1.82) is 0 Å². The van der Waals surface area contributed by atoms with Gasteiger partial charge in [-0.05, 0) is 44.5 Å². The normalized spacial score (nSPS) is 18.8. The third kappa shape index (κ3) is 4.99. The molecule has 0 saturated heterocycles. The van der Waals surface area contributed by atoms with E-state index in [0.717, 1.165) is 29.5 Å². The number of hydrazone groups is 1. The molecule has 0 bridgehead atoms. The minimum atomic E-state index is -1.06. The van der Waals surface area contributed by atoms with Crippen LogP contribution in [0.25, 0.3) is 0 Å². The molecule has 0 fully saturated rings. The lowest BCUT2D eigenvalue weighted by Crippen LogP contribution is -2.46. The number of nitrogens with zero attached hydrogens (tertiary/aromatic N) is 3. The molecule has 9 heteroatoms. The molecule has 1 heterocycles. The maximum Gasteiger partial charge on any atom is 0.273 e. The predicted octanol–water partition coefficient (Wildman–Crippen LogP) is 4.89. The van der Waals surface area contributed by atoms with Crippen LogP contribution in [0.1, 0.15) is 38.3 Å². The molecule has 2 aromatic rings. The molecule has 6 nitrogen and oxygen atoms in total. The molecule has 1 amide bonds. The molecule has 0 radical (unpaired) electrons. The molecule has 0 saturated carbocycles. The summed E-state index contributed by atoms with van der Waals surface area (Å²) in [6, 6.07) is 12.4. The summed E-state index contributed by atoms with van der Waals surface area (Å²) in [4.78, 5) is 17.6. The van der Waals surface area contributed by atoms with Gasteiger partial charge in [0, 0.05) is 19.1 Å². The van der Waals surface area contributed by atoms with Gasteiger partial charge in [0.15, 0.2) is 0 Å². The average Bonchev–Trinajstić information content (AvgIpc) is 3.18. The van der Waals surface area contributed by atoms with Crippen LogP contribution in [0.4, 0.5) is 8.78 Å². The van der Waals surface area contributed by atoms with Crippen molar-refractivity contribution >= 4 is 28.4 Å². The molecule has 1 aliphatic heterocycles. The highest BCUT2D eigenvalue weighted by molar-refractivity contribution is 8.15. The number of carbonyl (C=O) groups excluding carboxylic acids is 1. The summed E-state index contributed by atoms with van der Waals surface area (Å²) in [5.74, 6) is -1.64. The number of carbonyl (C=O) groups is 1. The van der Waals surface area contributed by atoms with E-state index in [-0.39, 0.29) is 17.2 Å². The predicted molar refractivity (Wildman–Crippen MR) is 121 cm³/mol. The summed E-state index contributed by atoms with van der Waals surface area (Å²) in [6.07, 6.45) is -0.499. The minimum Gasteiger partial charge on any atom is -0.396 e. The van der Waals surface area contributed by atoms with Crippen molar-refractivity contribution in [1.82, 2.24) is 5.01 Å². The maximum atomic E-state index is 14.6. The summed E-state index contributed by atoms with van der Waals surface area (Å²) < 4.78 is 33.7. The second-order valence-corrected chi connectivity index (χ2v) is 8.70. The van der Waals surface area contributed by atoms with E-state index in [1.54, 1.807) is 20.8 Å².